The van der Waals surface area contributed by atoms with E-state index in [1.807, 2.05) is 16.8 Å². The largest absolute Gasteiger partial charge is 0.496 e. The molecule has 0 aliphatic heterocycles. The molecule has 1 aromatic heterocycles. The number of thiophene rings is 1. The first kappa shape index (κ1) is 11.5. The second kappa shape index (κ2) is 4.87. The van der Waals surface area contributed by atoms with Gasteiger partial charge in [0.2, 0.25) is 0 Å². The van der Waals surface area contributed by atoms with Crippen LogP contribution in [0.2, 0.25) is 5.02 Å². The predicted octanol–water partition coefficient (Wildman–Crippen LogP) is 3.49. The van der Waals surface area contributed by atoms with Gasteiger partial charge in [0.15, 0.2) is 0 Å². The normalized spacial score (nSPS) is 12.4. The average molecular weight is 255 g/mol. The van der Waals surface area contributed by atoms with Crippen LogP contribution < -0.4 is 4.74 Å². The fourth-order valence-electron chi connectivity index (χ4n) is 1.56. The summed E-state index contributed by atoms with van der Waals surface area (Å²) < 4.78 is 5.20. The van der Waals surface area contributed by atoms with Gasteiger partial charge in [-0.3, -0.25) is 0 Å². The van der Waals surface area contributed by atoms with E-state index in [1.165, 1.54) is 11.3 Å². The maximum Gasteiger partial charge on any atom is 0.126 e. The Bertz CT molecular complexity index is 468. The van der Waals surface area contributed by atoms with Gasteiger partial charge in [-0.05, 0) is 34.5 Å². The van der Waals surface area contributed by atoms with Gasteiger partial charge in [-0.15, -0.1) is 0 Å². The number of hydrogen-bond donors (Lipinski definition) is 1. The van der Waals surface area contributed by atoms with Gasteiger partial charge in [0.05, 0.1) is 12.1 Å². The highest BCUT2D eigenvalue weighted by Gasteiger charge is 2.18. The third-order valence-corrected chi connectivity index (χ3v) is 3.40. The van der Waals surface area contributed by atoms with E-state index >= 15 is 0 Å². The summed E-state index contributed by atoms with van der Waals surface area (Å²) in [6.45, 7) is 0. The van der Waals surface area contributed by atoms with Crippen molar-refractivity contribution in [2.24, 2.45) is 0 Å². The quantitative estimate of drug-likeness (QED) is 0.909. The minimum Gasteiger partial charge on any atom is -0.496 e. The first-order valence-electron chi connectivity index (χ1n) is 4.76. The number of rotatable bonds is 3. The summed E-state index contributed by atoms with van der Waals surface area (Å²) in [7, 11) is 1.56. The van der Waals surface area contributed by atoms with Crippen molar-refractivity contribution in [3.8, 4) is 5.75 Å². The van der Waals surface area contributed by atoms with Gasteiger partial charge in [0, 0.05) is 5.56 Å². The number of aliphatic hydroxyl groups excluding tert-OH is 1. The summed E-state index contributed by atoms with van der Waals surface area (Å²) in [5, 5.41) is 14.5. The minimum absolute atomic E-state index is 0.512. The standard InChI is InChI=1S/C12H11ClO2S/c1-15-10-4-2-3-9(13)11(10)12(14)8-5-6-16-7-8/h2-7,12,14H,1H3. The van der Waals surface area contributed by atoms with Crippen LogP contribution in [0.4, 0.5) is 0 Å². The maximum absolute atomic E-state index is 10.2. The second-order valence-corrected chi connectivity index (χ2v) is 4.50. The highest BCUT2D eigenvalue weighted by molar-refractivity contribution is 7.08. The number of aliphatic hydroxyl groups is 1. The smallest absolute Gasteiger partial charge is 0.126 e. The van der Waals surface area contributed by atoms with E-state index in [-0.39, 0.29) is 0 Å². The molecule has 1 heterocycles. The van der Waals surface area contributed by atoms with Gasteiger partial charge >= 0.3 is 0 Å². The molecular weight excluding hydrogens is 244 g/mol. The predicted molar refractivity (Wildman–Crippen MR) is 66.4 cm³/mol. The molecule has 1 atom stereocenters. The summed E-state index contributed by atoms with van der Waals surface area (Å²) in [6, 6.07) is 7.20. The van der Waals surface area contributed by atoms with Crippen LogP contribution in [0, 0.1) is 0 Å². The Morgan fingerprint density at radius 2 is 2.19 bits per heavy atom. The molecule has 0 aliphatic carbocycles. The molecule has 1 N–H and O–H groups in total. The Labute approximate surface area is 103 Å². The van der Waals surface area contributed by atoms with Crippen LogP contribution >= 0.6 is 22.9 Å². The number of ether oxygens (including phenoxy) is 1. The van der Waals surface area contributed by atoms with Crippen molar-refractivity contribution in [2.45, 2.75) is 6.10 Å². The molecule has 0 fully saturated rings. The lowest BCUT2D eigenvalue weighted by Gasteiger charge is -2.15. The monoisotopic (exact) mass is 254 g/mol. The number of hydrogen-bond acceptors (Lipinski definition) is 3. The van der Waals surface area contributed by atoms with Crippen LogP contribution in [0.1, 0.15) is 17.2 Å². The van der Waals surface area contributed by atoms with E-state index in [4.69, 9.17) is 16.3 Å². The minimum atomic E-state index is -0.741. The lowest BCUT2D eigenvalue weighted by Crippen LogP contribution is -2.02. The molecule has 2 rings (SSSR count). The fraction of sp³-hybridized carbons (Fsp3) is 0.167. The van der Waals surface area contributed by atoms with Crippen LogP contribution in [0.15, 0.2) is 35.0 Å². The summed E-state index contributed by atoms with van der Waals surface area (Å²) in [5.41, 5.74) is 1.45. The van der Waals surface area contributed by atoms with Crippen molar-refractivity contribution in [1.82, 2.24) is 0 Å². The third kappa shape index (κ3) is 2.07. The van der Waals surface area contributed by atoms with Crippen LogP contribution in [-0.4, -0.2) is 12.2 Å². The van der Waals surface area contributed by atoms with Crippen LogP contribution in [0.5, 0.6) is 5.75 Å². The van der Waals surface area contributed by atoms with Crippen molar-refractivity contribution in [3.05, 3.63) is 51.2 Å². The molecule has 0 saturated heterocycles. The average Bonchev–Trinajstić information content (AvgIpc) is 2.81. The molecular formula is C12H11ClO2S. The molecule has 1 unspecified atom stereocenters. The Kier molecular flexibility index (Phi) is 3.49. The molecule has 0 bridgehead atoms. The van der Waals surface area contributed by atoms with E-state index in [0.29, 0.717) is 16.3 Å². The Morgan fingerprint density at radius 3 is 2.81 bits per heavy atom. The summed E-state index contributed by atoms with van der Waals surface area (Å²) in [6.07, 6.45) is -0.741. The molecule has 16 heavy (non-hydrogen) atoms. The van der Waals surface area contributed by atoms with Gasteiger partial charge < -0.3 is 9.84 Å². The zero-order valence-electron chi connectivity index (χ0n) is 8.68. The molecule has 0 aliphatic rings. The number of halogens is 1. The third-order valence-electron chi connectivity index (χ3n) is 2.37. The number of benzene rings is 1. The van der Waals surface area contributed by atoms with Crippen LogP contribution in [0.25, 0.3) is 0 Å². The van der Waals surface area contributed by atoms with Crippen molar-refractivity contribution >= 4 is 22.9 Å². The molecule has 84 valence electrons. The maximum atomic E-state index is 10.2. The van der Waals surface area contributed by atoms with Gasteiger partial charge in [0.25, 0.3) is 0 Å². The topological polar surface area (TPSA) is 29.5 Å². The zero-order valence-corrected chi connectivity index (χ0v) is 10.3. The molecule has 0 spiro atoms. The van der Waals surface area contributed by atoms with Crippen LogP contribution in [0.3, 0.4) is 0 Å². The molecule has 1 aromatic carbocycles. The first-order valence-corrected chi connectivity index (χ1v) is 6.08. The van der Waals surface area contributed by atoms with E-state index < -0.39 is 6.10 Å². The fourth-order valence-corrected chi connectivity index (χ4v) is 2.51. The van der Waals surface area contributed by atoms with Gasteiger partial charge in [-0.25, -0.2) is 0 Å². The van der Waals surface area contributed by atoms with Crippen molar-refractivity contribution in [1.29, 1.82) is 0 Å². The second-order valence-electron chi connectivity index (χ2n) is 3.31. The molecule has 4 heteroatoms. The Balaban J connectivity index is 2.47. The lowest BCUT2D eigenvalue weighted by atomic mass is 10.0. The van der Waals surface area contributed by atoms with E-state index in [0.717, 1.165) is 5.56 Å². The van der Waals surface area contributed by atoms with Crippen LogP contribution in [-0.2, 0) is 0 Å². The van der Waals surface area contributed by atoms with Gasteiger partial charge in [-0.2, -0.15) is 11.3 Å². The molecule has 0 saturated carbocycles. The zero-order chi connectivity index (χ0) is 11.5. The Hall–Kier alpha value is -1.03. The summed E-state index contributed by atoms with van der Waals surface area (Å²) in [5.74, 6) is 0.603. The molecule has 2 nitrogen and oxygen atoms in total. The van der Waals surface area contributed by atoms with Gasteiger partial charge in [0.1, 0.15) is 11.9 Å². The first-order chi connectivity index (χ1) is 7.74. The lowest BCUT2D eigenvalue weighted by molar-refractivity contribution is 0.215. The Morgan fingerprint density at radius 1 is 1.38 bits per heavy atom. The van der Waals surface area contributed by atoms with E-state index in [2.05, 4.69) is 0 Å². The van der Waals surface area contributed by atoms with Crippen molar-refractivity contribution < 1.29 is 9.84 Å². The number of methoxy groups -OCH3 is 1. The van der Waals surface area contributed by atoms with E-state index in [1.54, 1.807) is 25.3 Å². The SMILES string of the molecule is COc1cccc(Cl)c1C(O)c1ccsc1. The molecule has 0 radical (unpaired) electrons. The van der Waals surface area contributed by atoms with Gasteiger partial charge in [-0.1, -0.05) is 17.7 Å². The van der Waals surface area contributed by atoms with Crippen molar-refractivity contribution in [3.63, 3.8) is 0 Å². The molecule has 2 aromatic rings. The summed E-state index contributed by atoms with van der Waals surface area (Å²) in [4.78, 5) is 0. The molecule has 0 amide bonds. The highest BCUT2D eigenvalue weighted by atomic mass is 35.5. The van der Waals surface area contributed by atoms with Crippen molar-refractivity contribution in [2.75, 3.05) is 7.11 Å². The summed E-state index contributed by atoms with van der Waals surface area (Å²) >= 11 is 7.62. The highest BCUT2D eigenvalue weighted by Crippen LogP contribution is 2.36. The van der Waals surface area contributed by atoms with E-state index in [9.17, 15) is 5.11 Å².